The molecule has 19 heavy (non-hydrogen) atoms. The van der Waals surface area contributed by atoms with Crippen molar-refractivity contribution >= 4 is 0 Å². The Balaban J connectivity index is 1.67. The molecule has 0 aliphatic heterocycles. The lowest BCUT2D eigenvalue weighted by Gasteiger charge is -2.61. The van der Waals surface area contributed by atoms with Gasteiger partial charge in [-0.2, -0.15) is 0 Å². The first-order valence-electron chi connectivity index (χ1n) is 7.35. The van der Waals surface area contributed by atoms with Crippen LogP contribution in [0.1, 0.15) is 45.4 Å². The summed E-state index contributed by atoms with van der Waals surface area (Å²) < 4.78 is 36.9. The van der Waals surface area contributed by atoms with Crippen LogP contribution in [-0.4, -0.2) is 31.8 Å². The van der Waals surface area contributed by atoms with Gasteiger partial charge in [0.15, 0.2) is 0 Å². The number of rotatable bonds is 5. The normalized spacial score (nSPS) is 44.8. The quantitative estimate of drug-likeness (QED) is 0.762. The number of methoxy groups -OCH3 is 1. The van der Waals surface area contributed by atoms with Gasteiger partial charge in [0.2, 0.25) is 0 Å². The molecule has 0 aromatic carbocycles. The predicted octanol–water partition coefficient (Wildman–Crippen LogP) is 3.64. The second-order valence-corrected chi connectivity index (χ2v) is 7.41. The van der Waals surface area contributed by atoms with E-state index in [9.17, 15) is 8.78 Å². The highest BCUT2D eigenvalue weighted by atomic mass is 19.3. The standard InChI is InChI=1S/C15H24F2O2/c1-13(16,17)9-19-10-14-4-11-3-12(5-14)7-15(6-11,8-14)18-2/h11-12H,3-10H2,1-2H3. The summed E-state index contributed by atoms with van der Waals surface area (Å²) in [5, 5.41) is 0. The maximum absolute atomic E-state index is 12.9. The summed E-state index contributed by atoms with van der Waals surface area (Å²) in [5.41, 5.74) is 0.119. The molecule has 2 atom stereocenters. The molecule has 4 heteroatoms. The molecule has 4 fully saturated rings. The first-order valence-corrected chi connectivity index (χ1v) is 7.35. The highest BCUT2D eigenvalue weighted by molar-refractivity contribution is 5.09. The molecule has 0 heterocycles. The monoisotopic (exact) mass is 274 g/mol. The Morgan fingerprint density at radius 2 is 1.79 bits per heavy atom. The van der Waals surface area contributed by atoms with E-state index >= 15 is 0 Å². The van der Waals surface area contributed by atoms with Crippen molar-refractivity contribution in [2.24, 2.45) is 17.3 Å². The maximum atomic E-state index is 12.9. The van der Waals surface area contributed by atoms with Crippen molar-refractivity contribution in [2.75, 3.05) is 20.3 Å². The van der Waals surface area contributed by atoms with Crippen LogP contribution in [0.15, 0.2) is 0 Å². The van der Waals surface area contributed by atoms with Crippen molar-refractivity contribution in [2.45, 2.75) is 57.0 Å². The molecule has 0 aromatic heterocycles. The van der Waals surface area contributed by atoms with Gasteiger partial charge >= 0.3 is 0 Å². The number of halogens is 2. The zero-order valence-corrected chi connectivity index (χ0v) is 11.9. The van der Waals surface area contributed by atoms with E-state index in [0.717, 1.165) is 39.0 Å². The fourth-order valence-electron chi connectivity index (χ4n) is 5.22. The zero-order valence-electron chi connectivity index (χ0n) is 11.9. The minimum atomic E-state index is -2.72. The molecule has 4 aliphatic rings. The third kappa shape index (κ3) is 2.66. The number of ether oxygens (including phenoxy) is 2. The molecule has 2 unspecified atom stereocenters. The lowest BCUT2D eigenvalue weighted by Crippen LogP contribution is -2.57. The SMILES string of the molecule is COC12CC3CC(CC(COCC(C)(F)F)(C3)C1)C2. The summed E-state index contributed by atoms with van der Waals surface area (Å²) in [6, 6.07) is 0. The highest BCUT2D eigenvalue weighted by Crippen LogP contribution is 2.62. The Bertz CT molecular complexity index is 337. The minimum absolute atomic E-state index is 0.0160. The molecule has 0 spiro atoms. The van der Waals surface area contributed by atoms with Crippen LogP contribution < -0.4 is 0 Å². The van der Waals surface area contributed by atoms with E-state index in [1.54, 1.807) is 0 Å². The number of hydrogen-bond acceptors (Lipinski definition) is 2. The molecule has 4 aliphatic carbocycles. The summed E-state index contributed by atoms with van der Waals surface area (Å²) >= 11 is 0. The maximum Gasteiger partial charge on any atom is 0.268 e. The first kappa shape index (κ1) is 13.7. The van der Waals surface area contributed by atoms with E-state index in [1.165, 1.54) is 6.42 Å². The van der Waals surface area contributed by atoms with Crippen molar-refractivity contribution in [3.05, 3.63) is 0 Å². The van der Waals surface area contributed by atoms with Crippen LogP contribution in [0, 0.1) is 17.3 Å². The average molecular weight is 274 g/mol. The van der Waals surface area contributed by atoms with Gasteiger partial charge in [-0.05, 0) is 55.8 Å². The van der Waals surface area contributed by atoms with Gasteiger partial charge < -0.3 is 9.47 Å². The van der Waals surface area contributed by atoms with Crippen LogP contribution in [0.2, 0.25) is 0 Å². The minimum Gasteiger partial charge on any atom is -0.378 e. The van der Waals surface area contributed by atoms with Gasteiger partial charge in [0.1, 0.15) is 6.61 Å². The van der Waals surface area contributed by atoms with E-state index in [2.05, 4.69) is 0 Å². The molecule has 2 nitrogen and oxygen atoms in total. The van der Waals surface area contributed by atoms with Crippen LogP contribution in [0.25, 0.3) is 0 Å². The van der Waals surface area contributed by atoms with Gasteiger partial charge in [0.05, 0.1) is 12.2 Å². The Morgan fingerprint density at radius 3 is 2.32 bits per heavy atom. The van der Waals surface area contributed by atoms with Crippen LogP contribution in [0.4, 0.5) is 8.78 Å². The smallest absolute Gasteiger partial charge is 0.268 e. The summed E-state index contributed by atoms with van der Waals surface area (Å²) in [6.45, 7) is 0.946. The second kappa shape index (κ2) is 4.39. The predicted molar refractivity (Wildman–Crippen MR) is 68.3 cm³/mol. The molecular formula is C15H24F2O2. The Hall–Kier alpha value is -0.220. The number of hydrogen-bond donors (Lipinski definition) is 0. The van der Waals surface area contributed by atoms with Crippen LogP contribution in [0.5, 0.6) is 0 Å². The largest absolute Gasteiger partial charge is 0.378 e. The lowest BCUT2D eigenvalue weighted by atomic mass is 9.48. The third-order valence-corrected chi connectivity index (χ3v) is 5.33. The zero-order chi connectivity index (χ0) is 13.7. The van der Waals surface area contributed by atoms with Gasteiger partial charge in [-0.25, -0.2) is 8.78 Å². The van der Waals surface area contributed by atoms with E-state index < -0.39 is 12.5 Å². The van der Waals surface area contributed by atoms with E-state index in [0.29, 0.717) is 18.4 Å². The van der Waals surface area contributed by atoms with Crippen molar-refractivity contribution in [1.29, 1.82) is 0 Å². The fraction of sp³-hybridized carbons (Fsp3) is 1.00. The Kier molecular flexibility index (Phi) is 3.17. The van der Waals surface area contributed by atoms with Crippen molar-refractivity contribution < 1.29 is 18.3 Å². The van der Waals surface area contributed by atoms with Crippen molar-refractivity contribution in [3.63, 3.8) is 0 Å². The summed E-state index contributed by atoms with van der Waals surface area (Å²) in [7, 11) is 1.81. The molecule has 4 bridgehead atoms. The Labute approximate surface area is 113 Å². The molecule has 110 valence electrons. The summed E-state index contributed by atoms with van der Waals surface area (Å²) in [6.07, 6.45) is 6.90. The van der Waals surface area contributed by atoms with Gasteiger partial charge in [-0.1, -0.05) is 0 Å². The molecule has 0 saturated heterocycles. The molecular weight excluding hydrogens is 250 g/mol. The van der Waals surface area contributed by atoms with Gasteiger partial charge in [-0.15, -0.1) is 0 Å². The van der Waals surface area contributed by atoms with Crippen molar-refractivity contribution in [3.8, 4) is 0 Å². The fourth-order valence-corrected chi connectivity index (χ4v) is 5.22. The second-order valence-electron chi connectivity index (χ2n) is 7.41. The van der Waals surface area contributed by atoms with Crippen molar-refractivity contribution in [1.82, 2.24) is 0 Å². The van der Waals surface area contributed by atoms with Crippen LogP contribution in [-0.2, 0) is 9.47 Å². The molecule has 0 radical (unpaired) electrons. The molecule has 0 amide bonds. The lowest BCUT2D eigenvalue weighted by molar-refractivity contribution is -0.200. The molecule has 0 aromatic rings. The topological polar surface area (TPSA) is 18.5 Å². The average Bonchev–Trinajstić information content (AvgIpc) is 2.25. The Morgan fingerprint density at radius 1 is 1.16 bits per heavy atom. The third-order valence-electron chi connectivity index (χ3n) is 5.33. The van der Waals surface area contributed by atoms with Crippen LogP contribution in [0.3, 0.4) is 0 Å². The van der Waals surface area contributed by atoms with Gasteiger partial charge in [0, 0.05) is 14.0 Å². The van der Waals surface area contributed by atoms with E-state index in [1.807, 2.05) is 7.11 Å². The highest BCUT2D eigenvalue weighted by Gasteiger charge is 2.58. The molecule has 4 rings (SSSR count). The van der Waals surface area contributed by atoms with Crippen LogP contribution >= 0.6 is 0 Å². The number of alkyl halides is 2. The first-order chi connectivity index (χ1) is 8.84. The van der Waals surface area contributed by atoms with Gasteiger partial charge in [0.25, 0.3) is 5.92 Å². The molecule has 4 saturated carbocycles. The summed E-state index contributed by atoms with van der Waals surface area (Å²) in [4.78, 5) is 0. The summed E-state index contributed by atoms with van der Waals surface area (Å²) in [5.74, 6) is -1.29. The molecule has 0 N–H and O–H groups in total. The van der Waals surface area contributed by atoms with Gasteiger partial charge in [-0.3, -0.25) is 0 Å². The van der Waals surface area contributed by atoms with E-state index in [-0.39, 0.29) is 11.0 Å². The van der Waals surface area contributed by atoms with E-state index in [4.69, 9.17) is 9.47 Å².